The van der Waals surface area contributed by atoms with Crippen molar-refractivity contribution in [1.29, 1.82) is 0 Å². The van der Waals surface area contributed by atoms with Crippen molar-refractivity contribution in [3.63, 3.8) is 0 Å². The van der Waals surface area contributed by atoms with Crippen molar-refractivity contribution < 1.29 is 9.53 Å². The predicted molar refractivity (Wildman–Crippen MR) is 98.9 cm³/mol. The fourth-order valence-electron chi connectivity index (χ4n) is 2.97. The van der Waals surface area contributed by atoms with E-state index >= 15 is 0 Å². The summed E-state index contributed by atoms with van der Waals surface area (Å²) in [6.45, 7) is 4.93. The van der Waals surface area contributed by atoms with Gasteiger partial charge in [-0.15, -0.1) is 0 Å². The van der Waals surface area contributed by atoms with Crippen LogP contribution in [0.25, 0.3) is 11.0 Å². The molecule has 0 aliphatic rings. The van der Waals surface area contributed by atoms with Crippen LogP contribution in [-0.4, -0.2) is 22.6 Å². The first-order valence-electron chi connectivity index (χ1n) is 8.52. The van der Waals surface area contributed by atoms with Crippen LogP contribution in [0.4, 0.5) is 0 Å². The molecular formula is C20H23N3O2. The van der Waals surface area contributed by atoms with Crippen molar-refractivity contribution in [3.8, 4) is 5.75 Å². The van der Waals surface area contributed by atoms with Crippen molar-refractivity contribution in [3.05, 3.63) is 59.9 Å². The second kappa shape index (κ2) is 7.38. The Labute approximate surface area is 147 Å². The van der Waals surface area contributed by atoms with Crippen LogP contribution in [-0.2, 0) is 6.54 Å². The van der Waals surface area contributed by atoms with Crippen LogP contribution in [0.5, 0.6) is 5.75 Å². The van der Waals surface area contributed by atoms with E-state index in [1.807, 2.05) is 54.1 Å². The summed E-state index contributed by atoms with van der Waals surface area (Å²) in [6.07, 6.45) is 4.65. The number of aryl methyl sites for hydroxylation is 1. The molecule has 3 rings (SSSR count). The van der Waals surface area contributed by atoms with Crippen molar-refractivity contribution in [2.24, 2.45) is 0 Å². The lowest BCUT2D eigenvalue weighted by atomic mass is 10.1. The van der Waals surface area contributed by atoms with E-state index in [4.69, 9.17) is 4.74 Å². The zero-order valence-corrected chi connectivity index (χ0v) is 14.8. The number of aromatic nitrogens is 2. The maximum Gasteiger partial charge on any atom is 0.253 e. The second-order valence-electron chi connectivity index (χ2n) is 6.08. The molecule has 0 radical (unpaired) electrons. The highest BCUT2D eigenvalue weighted by atomic mass is 16.5. The largest absolute Gasteiger partial charge is 0.497 e. The van der Waals surface area contributed by atoms with Crippen LogP contribution in [0.2, 0.25) is 0 Å². The first-order chi connectivity index (χ1) is 12.1. The van der Waals surface area contributed by atoms with Gasteiger partial charge in [0, 0.05) is 24.3 Å². The summed E-state index contributed by atoms with van der Waals surface area (Å²) in [5.41, 5.74) is 2.55. The zero-order valence-electron chi connectivity index (χ0n) is 14.8. The number of carbonyl (C=O) groups excluding carboxylic acids is 1. The number of methoxy groups -OCH3 is 1. The van der Waals surface area contributed by atoms with Crippen molar-refractivity contribution in [2.45, 2.75) is 32.9 Å². The normalized spacial score (nSPS) is 12.1. The first kappa shape index (κ1) is 17.0. The number of nitrogens with zero attached hydrogens (tertiary/aromatic N) is 2. The third-order valence-electron chi connectivity index (χ3n) is 4.31. The molecule has 0 saturated heterocycles. The Balaban J connectivity index is 1.84. The lowest BCUT2D eigenvalue weighted by molar-refractivity contribution is 0.0941. The highest BCUT2D eigenvalue weighted by molar-refractivity contribution is 6.06. The molecule has 0 aliphatic heterocycles. The third-order valence-corrected chi connectivity index (χ3v) is 4.31. The number of carbonyl (C=O) groups is 1. The van der Waals surface area contributed by atoms with Gasteiger partial charge in [-0.3, -0.25) is 4.79 Å². The van der Waals surface area contributed by atoms with E-state index in [0.29, 0.717) is 5.56 Å². The van der Waals surface area contributed by atoms with Gasteiger partial charge in [0.15, 0.2) is 0 Å². The number of amides is 1. The molecule has 1 N–H and O–H groups in total. The topological polar surface area (TPSA) is 56.2 Å². The number of nitrogens with one attached hydrogen (secondary N) is 1. The smallest absolute Gasteiger partial charge is 0.253 e. The fourth-order valence-corrected chi connectivity index (χ4v) is 2.97. The fraction of sp³-hybridized carbons (Fsp3) is 0.300. The van der Waals surface area contributed by atoms with Gasteiger partial charge in [-0.2, -0.15) is 0 Å². The van der Waals surface area contributed by atoms with Crippen molar-refractivity contribution >= 4 is 16.9 Å². The van der Waals surface area contributed by atoms with Crippen LogP contribution < -0.4 is 10.1 Å². The van der Waals surface area contributed by atoms with Crippen LogP contribution in [0.3, 0.4) is 0 Å². The average Bonchev–Trinajstić information content (AvgIpc) is 3.01. The number of rotatable bonds is 6. The highest BCUT2D eigenvalue weighted by Gasteiger charge is 2.17. The molecule has 0 saturated carbocycles. The molecule has 3 aromatic rings. The van der Waals surface area contributed by atoms with E-state index in [0.717, 1.165) is 35.3 Å². The minimum Gasteiger partial charge on any atom is -0.497 e. The molecule has 0 spiro atoms. The summed E-state index contributed by atoms with van der Waals surface area (Å²) >= 11 is 0. The molecule has 0 fully saturated rings. The Morgan fingerprint density at radius 3 is 2.72 bits per heavy atom. The second-order valence-corrected chi connectivity index (χ2v) is 6.08. The summed E-state index contributed by atoms with van der Waals surface area (Å²) in [4.78, 5) is 17.2. The summed E-state index contributed by atoms with van der Waals surface area (Å²) in [6, 6.07) is 11.4. The molecule has 25 heavy (non-hydrogen) atoms. The number of ether oxygens (including phenoxy) is 1. The SMILES string of the molecule is CCCn1cc(C(=O)N[C@H](C)c2ccc(OC)cc2)c2cccnc21. The lowest BCUT2D eigenvalue weighted by Gasteiger charge is -2.14. The monoisotopic (exact) mass is 337 g/mol. The first-order valence-corrected chi connectivity index (χ1v) is 8.52. The Hall–Kier alpha value is -2.82. The summed E-state index contributed by atoms with van der Waals surface area (Å²) in [5, 5.41) is 3.96. The maximum atomic E-state index is 12.8. The van der Waals surface area contributed by atoms with E-state index in [9.17, 15) is 4.79 Å². The molecule has 0 bridgehead atoms. The van der Waals surface area contributed by atoms with Gasteiger partial charge in [-0.05, 0) is 43.2 Å². The van der Waals surface area contributed by atoms with E-state index in [1.54, 1.807) is 13.3 Å². The number of fused-ring (bicyclic) bond motifs is 1. The molecule has 0 unspecified atom stereocenters. The third kappa shape index (κ3) is 3.50. The van der Waals surface area contributed by atoms with E-state index in [1.165, 1.54) is 0 Å². The van der Waals surface area contributed by atoms with Gasteiger partial charge in [0.2, 0.25) is 0 Å². The van der Waals surface area contributed by atoms with Crippen LogP contribution in [0, 0.1) is 0 Å². The molecule has 5 nitrogen and oxygen atoms in total. The highest BCUT2D eigenvalue weighted by Crippen LogP contribution is 2.22. The van der Waals surface area contributed by atoms with Gasteiger partial charge in [0.1, 0.15) is 11.4 Å². The van der Waals surface area contributed by atoms with Crippen molar-refractivity contribution in [2.75, 3.05) is 7.11 Å². The number of hydrogen-bond donors (Lipinski definition) is 1. The van der Waals surface area contributed by atoms with Gasteiger partial charge in [-0.1, -0.05) is 19.1 Å². The lowest BCUT2D eigenvalue weighted by Crippen LogP contribution is -2.26. The summed E-state index contributed by atoms with van der Waals surface area (Å²) in [5.74, 6) is 0.715. The molecule has 2 heterocycles. The average molecular weight is 337 g/mol. The minimum absolute atomic E-state index is 0.0869. The Bertz CT molecular complexity index is 868. The van der Waals surface area contributed by atoms with Crippen LogP contribution in [0.1, 0.15) is 42.2 Å². The number of pyridine rings is 1. The van der Waals surface area contributed by atoms with Gasteiger partial charge in [-0.25, -0.2) is 4.98 Å². The Morgan fingerprint density at radius 2 is 2.04 bits per heavy atom. The molecule has 2 aromatic heterocycles. The van der Waals surface area contributed by atoms with Gasteiger partial charge in [0.25, 0.3) is 5.91 Å². The van der Waals surface area contributed by atoms with E-state index in [-0.39, 0.29) is 11.9 Å². The molecule has 1 aromatic carbocycles. The zero-order chi connectivity index (χ0) is 17.8. The number of benzene rings is 1. The summed E-state index contributed by atoms with van der Waals surface area (Å²) < 4.78 is 7.22. The van der Waals surface area contributed by atoms with Gasteiger partial charge in [0.05, 0.1) is 18.7 Å². The predicted octanol–water partition coefficient (Wildman–Crippen LogP) is 3.95. The quantitative estimate of drug-likeness (QED) is 0.741. The van der Waals surface area contributed by atoms with Gasteiger partial charge >= 0.3 is 0 Å². The Kier molecular flexibility index (Phi) is 5.03. The Morgan fingerprint density at radius 1 is 1.28 bits per heavy atom. The molecule has 5 heteroatoms. The molecule has 1 amide bonds. The summed E-state index contributed by atoms with van der Waals surface area (Å²) in [7, 11) is 1.64. The minimum atomic E-state index is -0.0975. The molecule has 1 atom stereocenters. The molecule has 130 valence electrons. The van der Waals surface area contributed by atoms with E-state index in [2.05, 4.69) is 17.2 Å². The van der Waals surface area contributed by atoms with Crippen molar-refractivity contribution in [1.82, 2.24) is 14.9 Å². The van der Waals surface area contributed by atoms with Gasteiger partial charge < -0.3 is 14.6 Å². The van der Waals surface area contributed by atoms with Crippen LogP contribution in [0.15, 0.2) is 48.8 Å². The van der Waals surface area contributed by atoms with E-state index < -0.39 is 0 Å². The molecular weight excluding hydrogens is 314 g/mol. The molecule has 0 aliphatic carbocycles. The number of hydrogen-bond acceptors (Lipinski definition) is 3. The maximum absolute atomic E-state index is 12.8. The standard InChI is InChI=1S/C20H23N3O2/c1-4-12-23-13-18(17-6-5-11-21-19(17)23)20(24)22-14(2)15-7-9-16(25-3)10-8-15/h5-11,13-14H,4,12H2,1-3H3,(H,22,24)/t14-/m1/s1. The van der Waals surface area contributed by atoms with Crippen LogP contribution >= 0.6 is 0 Å².